The standard InChI is InChI=1S/C15H24N2O2/c1-4-17-7-5-12(6-8-17)16-13-9-14(18-2)11-15(10-13)19-3/h9-12,16H,4-8H2,1-3H3. The predicted octanol–water partition coefficient (Wildman–Crippen LogP) is 2.60. The number of likely N-dealkylation sites (tertiary alicyclic amines) is 1. The molecule has 0 atom stereocenters. The second-order valence-electron chi connectivity index (χ2n) is 4.95. The maximum absolute atomic E-state index is 5.29. The summed E-state index contributed by atoms with van der Waals surface area (Å²) in [7, 11) is 3.36. The Morgan fingerprint density at radius 2 is 1.68 bits per heavy atom. The van der Waals surface area contributed by atoms with E-state index in [1.807, 2.05) is 18.2 Å². The van der Waals surface area contributed by atoms with Crippen molar-refractivity contribution in [1.82, 2.24) is 4.90 Å². The van der Waals surface area contributed by atoms with E-state index in [1.165, 1.54) is 25.9 Å². The summed E-state index contributed by atoms with van der Waals surface area (Å²) in [5.41, 5.74) is 1.08. The van der Waals surface area contributed by atoms with Gasteiger partial charge in [0.25, 0.3) is 0 Å². The van der Waals surface area contributed by atoms with Gasteiger partial charge in [-0.15, -0.1) is 0 Å². The molecule has 1 N–H and O–H groups in total. The minimum Gasteiger partial charge on any atom is -0.497 e. The molecule has 1 aliphatic rings. The van der Waals surface area contributed by atoms with Crippen molar-refractivity contribution < 1.29 is 9.47 Å². The lowest BCUT2D eigenvalue weighted by atomic mass is 10.0. The van der Waals surface area contributed by atoms with Gasteiger partial charge < -0.3 is 19.7 Å². The van der Waals surface area contributed by atoms with Crippen LogP contribution < -0.4 is 14.8 Å². The molecule has 1 aromatic carbocycles. The zero-order chi connectivity index (χ0) is 13.7. The monoisotopic (exact) mass is 264 g/mol. The van der Waals surface area contributed by atoms with E-state index in [1.54, 1.807) is 14.2 Å². The first-order chi connectivity index (χ1) is 9.25. The van der Waals surface area contributed by atoms with Crippen LogP contribution in [0.25, 0.3) is 0 Å². The Labute approximate surface area is 115 Å². The van der Waals surface area contributed by atoms with Gasteiger partial charge in [-0.3, -0.25) is 0 Å². The Morgan fingerprint density at radius 3 is 2.16 bits per heavy atom. The fraction of sp³-hybridized carbons (Fsp3) is 0.600. The van der Waals surface area contributed by atoms with Gasteiger partial charge in [-0.2, -0.15) is 0 Å². The highest BCUT2D eigenvalue weighted by Crippen LogP contribution is 2.27. The minimum absolute atomic E-state index is 0.541. The van der Waals surface area contributed by atoms with Crippen LogP contribution in [-0.4, -0.2) is 44.8 Å². The summed E-state index contributed by atoms with van der Waals surface area (Å²) < 4.78 is 10.6. The highest BCUT2D eigenvalue weighted by atomic mass is 16.5. The van der Waals surface area contributed by atoms with Crippen molar-refractivity contribution in [2.45, 2.75) is 25.8 Å². The van der Waals surface area contributed by atoms with E-state index < -0.39 is 0 Å². The summed E-state index contributed by atoms with van der Waals surface area (Å²) in [6.07, 6.45) is 2.38. The molecule has 1 aliphatic heterocycles. The van der Waals surface area contributed by atoms with Crippen molar-refractivity contribution in [3.8, 4) is 11.5 Å². The van der Waals surface area contributed by atoms with Crippen LogP contribution in [0.4, 0.5) is 5.69 Å². The summed E-state index contributed by atoms with van der Waals surface area (Å²) in [5, 5.41) is 3.59. The lowest BCUT2D eigenvalue weighted by molar-refractivity contribution is 0.229. The van der Waals surface area contributed by atoms with Crippen LogP contribution in [0.3, 0.4) is 0 Å². The van der Waals surface area contributed by atoms with Crippen LogP contribution >= 0.6 is 0 Å². The topological polar surface area (TPSA) is 33.7 Å². The van der Waals surface area contributed by atoms with Crippen LogP contribution in [0.1, 0.15) is 19.8 Å². The molecule has 1 saturated heterocycles. The number of benzene rings is 1. The van der Waals surface area contributed by atoms with Gasteiger partial charge in [-0.25, -0.2) is 0 Å². The van der Waals surface area contributed by atoms with E-state index in [0.29, 0.717) is 6.04 Å². The van der Waals surface area contributed by atoms with Crippen molar-refractivity contribution in [3.05, 3.63) is 18.2 Å². The second-order valence-corrected chi connectivity index (χ2v) is 4.95. The molecule has 0 aliphatic carbocycles. The molecule has 0 saturated carbocycles. The first-order valence-corrected chi connectivity index (χ1v) is 6.97. The number of hydrogen-bond donors (Lipinski definition) is 1. The Kier molecular flexibility index (Phi) is 4.91. The summed E-state index contributed by atoms with van der Waals surface area (Å²) >= 11 is 0. The number of rotatable bonds is 5. The molecule has 19 heavy (non-hydrogen) atoms. The molecule has 0 spiro atoms. The van der Waals surface area contributed by atoms with E-state index in [0.717, 1.165) is 23.7 Å². The number of piperidine rings is 1. The lowest BCUT2D eigenvalue weighted by Crippen LogP contribution is -2.38. The first-order valence-electron chi connectivity index (χ1n) is 6.97. The van der Waals surface area contributed by atoms with Gasteiger partial charge in [0.1, 0.15) is 11.5 Å². The molecule has 1 fully saturated rings. The highest BCUT2D eigenvalue weighted by molar-refractivity contribution is 5.54. The fourth-order valence-corrected chi connectivity index (χ4v) is 2.52. The first kappa shape index (κ1) is 14.0. The zero-order valence-corrected chi connectivity index (χ0v) is 12.1. The quantitative estimate of drug-likeness (QED) is 0.886. The molecule has 106 valence electrons. The van der Waals surface area contributed by atoms with Gasteiger partial charge in [-0.05, 0) is 19.4 Å². The Morgan fingerprint density at radius 1 is 1.11 bits per heavy atom. The van der Waals surface area contributed by atoms with E-state index in [9.17, 15) is 0 Å². The van der Waals surface area contributed by atoms with Crippen LogP contribution in [0.2, 0.25) is 0 Å². The molecule has 2 rings (SSSR count). The molecule has 0 amide bonds. The maximum Gasteiger partial charge on any atom is 0.124 e. The van der Waals surface area contributed by atoms with Crippen molar-refractivity contribution in [2.24, 2.45) is 0 Å². The van der Waals surface area contributed by atoms with Crippen molar-refractivity contribution in [1.29, 1.82) is 0 Å². The second kappa shape index (κ2) is 6.66. The van der Waals surface area contributed by atoms with Gasteiger partial charge in [0.15, 0.2) is 0 Å². The number of hydrogen-bond acceptors (Lipinski definition) is 4. The number of ether oxygens (including phenoxy) is 2. The molecule has 0 bridgehead atoms. The Balaban J connectivity index is 1.99. The molecule has 0 unspecified atom stereocenters. The summed E-state index contributed by atoms with van der Waals surface area (Å²) in [6.45, 7) is 5.73. The number of methoxy groups -OCH3 is 2. The van der Waals surface area contributed by atoms with Crippen molar-refractivity contribution in [3.63, 3.8) is 0 Å². The molecule has 0 aromatic heterocycles. The minimum atomic E-state index is 0.541. The van der Waals surface area contributed by atoms with Crippen LogP contribution in [-0.2, 0) is 0 Å². The fourth-order valence-electron chi connectivity index (χ4n) is 2.52. The van der Waals surface area contributed by atoms with Gasteiger partial charge in [-0.1, -0.05) is 6.92 Å². The van der Waals surface area contributed by atoms with Gasteiger partial charge in [0, 0.05) is 43.0 Å². The average molecular weight is 264 g/mol. The average Bonchev–Trinajstić information content (AvgIpc) is 2.47. The van der Waals surface area contributed by atoms with Gasteiger partial charge >= 0.3 is 0 Å². The Hall–Kier alpha value is -1.42. The zero-order valence-electron chi connectivity index (χ0n) is 12.1. The molecule has 4 nitrogen and oxygen atoms in total. The molecular weight excluding hydrogens is 240 g/mol. The van der Waals surface area contributed by atoms with E-state index in [-0.39, 0.29) is 0 Å². The SMILES string of the molecule is CCN1CCC(Nc2cc(OC)cc(OC)c2)CC1. The van der Waals surface area contributed by atoms with E-state index in [4.69, 9.17) is 9.47 Å². The number of nitrogens with one attached hydrogen (secondary N) is 1. The smallest absolute Gasteiger partial charge is 0.124 e. The van der Waals surface area contributed by atoms with Crippen molar-refractivity contribution in [2.75, 3.05) is 39.2 Å². The molecular formula is C15H24N2O2. The highest BCUT2D eigenvalue weighted by Gasteiger charge is 2.18. The largest absolute Gasteiger partial charge is 0.497 e. The summed E-state index contributed by atoms with van der Waals surface area (Å²) in [6, 6.07) is 6.48. The van der Waals surface area contributed by atoms with Crippen LogP contribution in [0, 0.1) is 0 Å². The van der Waals surface area contributed by atoms with Crippen LogP contribution in [0.15, 0.2) is 18.2 Å². The molecule has 1 heterocycles. The molecule has 0 radical (unpaired) electrons. The van der Waals surface area contributed by atoms with Crippen molar-refractivity contribution >= 4 is 5.69 Å². The third-order valence-electron chi connectivity index (χ3n) is 3.76. The predicted molar refractivity (Wildman–Crippen MR) is 78.3 cm³/mol. The number of nitrogens with zero attached hydrogens (tertiary/aromatic N) is 1. The van der Waals surface area contributed by atoms with Gasteiger partial charge in [0.2, 0.25) is 0 Å². The maximum atomic E-state index is 5.29. The summed E-state index contributed by atoms with van der Waals surface area (Å²) in [5.74, 6) is 1.65. The third kappa shape index (κ3) is 3.77. The Bertz CT molecular complexity index is 379. The molecule has 4 heteroatoms. The van der Waals surface area contributed by atoms with Crippen LogP contribution in [0.5, 0.6) is 11.5 Å². The lowest BCUT2D eigenvalue weighted by Gasteiger charge is -2.32. The molecule has 1 aromatic rings. The van der Waals surface area contributed by atoms with Gasteiger partial charge in [0.05, 0.1) is 14.2 Å². The van der Waals surface area contributed by atoms with E-state index >= 15 is 0 Å². The summed E-state index contributed by atoms with van der Waals surface area (Å²) in [4.78, 5) is 2.49. The number of anilines is 1. The normalized spacial score (nSPS) is 17.2. The van der Waals surface area contributed by atoms with E-state index in [2.05, 4.69) is 17.1 Å². The third-order valence-corrected chi connectivity index (χ3v) is 3.76.